The van der Waals surface area contributed by atoms with Crippen LogP contribution in [0.5, 0.6) is 0 Å². The standard InChI is InChI=1S/C30H40N4O/c1-22(2)19-27(28(35)32-30(21-31)13-14-30)25-8-6-7-24(20-25)23-9-11-26(12-10-23)33-15-17-34(18-16-33)29(3,4)5/h6-12,20,22,27H,13-19H2,1-5H3,(H,32,35)/t27-/m1/s1. The number of hydrogen-bond donors (Lipinski definition) is 1. The SMILES string of the molecule is CC(C)C[C@@H](C(=O)NC1(C#N)CC1)c1cccc(-c2ccc(N3CCN(C(C)(C)C)CC3)cc2)c1. The van der Waals surface area contributed by atoms with Crippen molar-refractivity contribution in [2.75, 3.05) is 31.1 Å². The van der Waals surface area contributed by atoms with Crippen molar-refractivity contribution in [1.82, 2.24) is 10.2 Å². The average molecular weight is 473 g/mol. The lowest BCUT2D eigenvalue weighted by molar-refractivity contribution is -0.123. The number of rotatable bonds is 7. The van der Waals surface area contributed by atoms with E-state index in [0.717, 1.165) is 62.1 Å². The molecule has 186 valence electrons. The van der Waals surface area contributed by atoms with Crippen molar-refractivity contribution >= 4 is 11.6 Å². The van der Waals surface area contributed by atoms with Gasteiger partial charge in [-0.2, -0.15) is 5.26 Å². The summed E-state index contributed by atoms with van der Waals surface area (Å²) in [5.74, 6) is 0.100. The van der Waals surface area contributed by atoms with Gasteiger partial charge in [-0.15, -0.1) is 0 Å². The Morgan fingerprint density at radius 3 is 2.23 bits per heavy atom. The van der Waals surface area contributed by atoms with Gasteiger partial charge in [-0.05, 0) is 74.8 Å². The Kier molecular flexibility index (Phi) is 7.24. The highest BCUT2D eigenvalue weighted by Gasteiger charge is 2.45. The number of anilines is 1. The predicted octanol–water partition coefficient (Wildman–Crippen LogP) is 5.58. The number of nitriles is 1. The van der Waals surface area contributed by atoms with Crippen molar-refractivity contribution in [2.24, 2.45) is 5.92 Å². The van der Waals surface area contributed by atoms with Crippen LogP contribution in [-0.4, -0.2) is 48.1 Å². The van der Waals surface area contributed by atoms with Gasteiger partial charge in [0.15, 0.2) is 0 Å². The molecule has 2 aliphatic rings. The summed E-state index contributed by atoms with van der Waals surface area (Å²) in [6.07, 6.45) is 2.26. The molecular weight excluding hydrogens is 432 g/mol. The predicted molar refractivity (Wildman–Crippen MR) is 143 cm³/mol. The minimum absolute atomic E-state index is 0.0281. The Morgan fingerprint density at radius 2 is 1.69 bits per heavy atom. The molecule has 2 aromatic carbocycles. The second-order valence-corrected chi connectivity index (χ2v) is 11.7. The number of carbonyl (C=O) groups excluding carboxylic acids is 1. The topological polar surface area (TPSA) is 59.4 Å². The molecule has 0 unspecified atom stereocenters. The van der Waals surface area contributed by atoms with E-state index in [1.165, 1.54) is 5.69 Å². The lowest BCUT2D eigenvalue weighted by atomic mass is 9.87. The third kappa shape index (κ3) is 6.05. The van der Waals surface area contributed by atoms with Gasteiger partial charge >= 0.3 is 0 Å². The van der Waals surface area contributed by atoms with Crippen molar-refractivity contribution in [1.29, 1.82) is 5.26 Å². The molecule has 1 N–H and O–H groups in total. The van der Waals surface area contributed by atoms with Gasteiger partial charge in [0, 0.05) is 37.4 Å². The Bertz CT molecular complexity index is 1060. The van der Waals surface area contributed by atoms with Crippen LogP contribution in [0.25, 0.3) is 11.1 Å². The molecule has 1 aliphatic heterocycles. The van der Waals surface area contributed by atoms with Crippen molar-refractivity contribution in [2.45, 2.75) is 70.9 Å². The Hall–Kier alpha value is -2.84. The van der Waals surface area contributed by atoms with Crippen LogP contribution in [0.2, 0.25) is 0 Å². The van der Waals surface area contributed by atoms with Gasteiger partial charge in [-0.1, -0.05) is 50.2 Å². The lowest BCUT2D eigenvalue weighted by Gasteiger charge is -2.43. The number of piperazine rings is 1. The molecular formula is C30H40N4O. The molecule has 0 aromatic heterocycles. The fourth-order valence-electron chi connectivity index (χ4n) is 5.01. The number of benzene rings is 2. The van der Waals surface area contributed by atoms with Crippen LogP contribution in [-0.2, 0) is 4.79 Å². The molecule has 1 heterocycles. The molecule has 5 nitrogen and oxygen atoms in total. The van der Waals surface area contributed by atoms with Crippen LogP contribution >= 0.6 is 0 Å². The summed E-state index contributed by atoms with van der Waals surface area (Å²) < 4.78 is 0. The zero-order chi connectivity index (χ0) is 25.2. The Labute approximate surface area is 211 Å². The van der Waals surface area contributed by atoms with E-state index in [2.05, 4.69) is 92.2 Å². The molecule has 1 atom stereocenters. The summed E-state index contributed by atoms with van der Waals surface area (Å²) in [7, 11) is 0. The molecule has 2 aromatic rings. The minimum Gasteiger partial charge on any atom is -0.369 e. The molecule has 1 saturated carbocycles. The van der Waals surface area contributed by atoms with Gasteiger partial charge in [-0.25, -0.2) is 0 Å². The summed E-state index contributed by atoms with van der Waals surface area (Å²) in [4.78, 5) is 18.2. The van der Waals surface area contributed by atoms with E-state index in [1.807, 2.05) is 12.1 Å². The first-order valence-electron chi connectivity index (χ1n) is 13.0. The maximum absolute atomic E-state index is 13.2. The molecule has 35 heavy (non-hydrogen) atoms. The number of hydrogen-bond acceptors (Lipinski definition) is 4. The minimum atomic E-state index is -0.641. The van der Waals surface area contributed by atoms with Gasteiger partial charge in [-0.3, -0.25) is 9.69 Å². The zero-order valence-corrected chi connectivity index (χ0v) is 22.0. The van der Waals surface area contributed by atoms with Gasteiger partial charge < -0.3 is 10.2 Å². The Balaban J connectivity index is 1.48. The highest BCUT2D eigenvalue weighted by Crippen LogP contribution is 2.36. The molecule has 2 fully saturated rings. The van der Waals surface area contributed by atoms with Crippen molar-refractivity contribution < 1.29 is 4.79 Å². The van der Waals surface area contributed by atoms with E-state index < -0.39 is 5.54 Å². The zero-order valence-electron chi connectivity index (χ0n) is 22.0. The number of carbonyl (C=O) groups is 1. The monoisotopic (exact) mass is 472 g/mol. The second-order valence-electron chi connectivity index (χ2n) is 11.7. The number of nitrogens with zero attached hydrogens (tertiary/aromatic N) is 3. The highest BCUT2D eigenvalue weighted by molar-refractivity contribution is 5.85. The summed E-state index contributed by atoms with van der Waals surface area (Å²) in [6.45, 7) is 15.4. The Morgan fingerprint density at radius 1 is 1.03 bits per heavy atom. The first-order chi connectivity index (χ1) is 16.6. The van der Waals surface area contributed by atoms with Gasteiger partial charge in [0.05, 0.1) is 12.0 Å². The molecule has 0 radical (unpaired) electrons. The quantitative estimate of drug-likeness (QED) is 0.572. The van der Waals surface area contributed by atoms with Gasteiger partial charge in [0.1, 0.15) is 5.54 Å². The maximum atomic E-state index is 13.2. The molecule has 4 rings (SSSR count). The maximum Gasteiger partial charge on any atom is 0.228 e. The van der Waals surface area contributed by atoms with E-state index in [4.69, 9.17) is 0 Å². The fourth-order valence-corrected chi connectivity index (χ4v) is 5.01. The normalized spacial score (nSPS) is 18.7. The molecule has 0 bridgehead atoms. The van der Waals surface area contributed by atoms with E-state index in [1.54, 1.807) is 0 Å². The third-order valence-corrected chi connectivity index (χ3v) is 7.43. The first-order valence-corrected chi connectivity index (χ1v) is 13.0. The van der Waals surface area contributed by atoms with Crippen LogP contribution in [0.3, 0.4) is 0 Å². The number of nitrogens with one attached hydrogen (secondary N) is 1. The van der Waals surface area contributed by atoms with E-state index in [-0.39, 0.29) is 17.4 Å². The molecule has 1 saturated heterocycles. The smallest absolute Gasteiger partial charge is 0.228 e. The summed E-state index contributed by atoms with van der Waals surface area (Å²) in [5, 5.41) is 12.5. The van der Waals surface area contributed by atoms with Crippen molar-refractivity contribution in [3.05, 3.63) is 54.1 Å². The summed E-state index contributed by atoms with van der Waals surface area (Å²) in [6, 6.07) is 19.5. The van der Waals surface area contributed by atoms with Crippen LogP contribution in [0.4, 0.5) is 5.69 Å². The molecule has 1 aliphatic carbocycles. The lowest BCUT2D eigenvalue weighted by Crippen LogP contribution is -2.53. The van der Waals surface area contributed by atoms with Crippen molar-refractivity contribution in [3.63, 3.8) is 0 Å². The highest BCUT2D eigenvalue weighted by atomic mass is 16.2. The molecule has 5 heteroatoms. The van der Waals surface area contributed by atoms with E-state index >= 15 is 0 Å². The van der Waals surface area contributed by atoms with Crippen LogP contribution < -0.4 is 10.2 Å². The molecule has 0 spiro atoms. The summed E-state index contributed by atoms with van der Waals surface area (Å²) >= 11 is 0. The first kappa shape index (κ1) is 25.3. The van der Waals surface area contributed by atoms with Crippen LogP contribution in [0.15, 0.2) is 48.5 Å². The largest absolute Gasteiger partial charge is 0.369 e. The second kappa shape index (κ2) is 10.0. The van der Waals surface area contributed by atoms with Crippen LogP contribution in [0, 0.1) is 17.2 Å². The number of amides is 1. The summed E-state index contributed by atoms with van der Waals surface area (Å²) in [5.41, 5.74) is 4.14. The van der Waals surface area contributed by atoms with Gasteiger partial charge in [0.2, 0.25) is 5.91 Å². The van der Waals surface area contributed by atoms with Crippen LogP contribution in [0.1, 0.15) is 65.4 Å². The fraction of sp³-hybridized carbons (Fsp3) is 0.533. The third-order valence-electron chi connectivity index (χ3n) is 7.43. The van der Waals surface area contributed by atoms with E-state index in [0.29, 0.717) is 5.92 Å². The van der Waals surface area contributed by atoms with Crippen molar-refractivity contribution in [3.8, 4) is 17.2 Å². The van der Waals surface area contributed by atoms with Gasteiger partial charge in [0.25, 0.3) is 0 Å². The molecule has 1 amide bonds. The average Bonchev–Trinajstić information content (AvgIpc) is 3.62. The van der Waals surface area contributed by atoms with E-state index in [9.17, 15) is 10.1 Å².